The summed E-state index contributed by atoms with van der Waals surface area (Å²) in [6, 6.07) is 5.39. The fourth-order valence-electron chi connectivity index (χ4n) is 2.58. The Bertz CT molecular complexity index is 740. The third-order valence-electron chi connectivity index (χ3n) is 4.73. The Morgan fingerprint density at radius 1 is 1.21 bits per heavy atom. The SMILES string of the molecule is COC(=O)c1ccc(B2OC(C)(C)C(C)(C)O2)cc1-c1ncc[nH]1. The summed E-state index contributed by atoms with van der Waals surface area (Å²) in [5.74, 6) is 0.177. The third kappa shape index (κ3) is 2.74. The lowest BCUT2D eigenvalue weighted by atomic mass is 9.77. The number of aromatic amines is 1. The zero-order valence-corrected chi connectivity index (χ0v) is 14.5. The van der Waals surface area contributed by atoms with Crippen molar-refractivity contribution in [1.82, 2.24) is 9.97 Å². The molecule has 1 aliphatic rings. The number of carbonyl (C=O) groups excluding carboxylic acids is 1. The Morgan fingerprint density at radius 2 is 1.88 bits per heavy atom. The molecule has 24 heavy (non-hydrogen) atoms. The van der Waals surface area contributed by atoms with E-state index in [4.69, 9.17) is 14.0 Å². The number of esters is 1. The van der Waals surface area contributed by atoms with E-state index in [0.717, 1.165) is 5.46 Å². The normalized spacial score (nSPS) is 18.6. The van der Waals surface area contributed by atoms with E-state index in [-0.39, 0.29) is 0 Å². The summed E-state index contributed by atoms with van der Waals surface area (Å²) in [5, 5.41) is 0. The molecule has 2 heterocycles. The molecule has 0 aliphatic carbocycles. The summed E-state index contributed by atoms with van der Waals surface area (Å²) in [6.45, 7) is 8.01. The Morgan fingerprint density at radius 3 is 2.42 bits per heavy atom. The maximum atomic E-state index is 12.0. The summed E-state index contributed by atoms with van der Waals surface area (Å²) in [7, 11) is 0.853. The first kappa shape index (κ1) is 16.7. The maximum Gasteiger partial charge on any atom is 0.494 e. The predicted molar refractivity (Wildman–Crippen MR) is 91.1 cm³/mol. The molecule has 0 atom stereocenters. The van der Waals surface area contributed by atoms with Gasteiger partial charge in [-0.2, -0.15) is 0 Å². The van der Waals surface area contributed by atoms with E-state index in [9.17, 15) is 4.79 Å². The molecule has 1 aromatic heterocycles. The van der Waals surface area contributed by atoms with Crippen LogP contribution in [-0.4, -0.2) is 41.4 Å². The largest absolute Gasteiger partial charge is 0.494 e. The number of H-pyrrole nitrogens is 1. The van der Waals surface area contributed by atoms with E-state index < -0.39 is 24.3 Å². The number of nitrogens with one attached hydrogen (secondary N) is 1. The number of hydrogen-bond acceptors (Lipinski definition) is 5. The Kier molecular flexibility index (Phi) is 4.01. The second kappa shape index (κ2) is 5.75. The molecule has 0 bridgehead atoms. The molecule has 2 aromatic rings. The highest BCUT2D eigenvalue weighted by atomic mass is 16.7. The van der Waals surface area contributed by atoms with E-state index in [0.29, 0.717) is 17.0 Å². The molecule has 0 saturated carbocycles. The summed E-state index contributed by atoms with van der Waals surface area (Å²) in [5.41, 5.74) is 1.06. The quantitative estimate of drug-likeness (QED) is 0.690. The van der Waals surface area contributed by atoms with Crippen molar-refractivity contribution >= 4 is 18.6 Å². The molecular formula is C17H21BN2O4. The molecular weight excluding hydrogens is 307 g/mol. The van der Waals surface area contributed by atoms with Crippen LogP contribution in [0.1, 0.15) is 38.1 Å². The lowest BCUT2D eigenvalue weighted by Crippen LogP contribution is -2.41. The van der Waals surface area contributed by atoms with Gasteiger partial charge in [-0.25, -0.2) is 9.78 Å². The van der Waals surface area contributed by atoms with Gasteiger partial charge < -0.3 is 19.0 Å². The monoisotopic (exact) mass is 328 g/mol. The van der Waals surface area contributed by atoms with Crippen LogP contribution in [0.5, 0.6) is 0 Å². The Labute approximate surface area is 141 Å². The van der Waals surface area contributed by atoms with Crippen molar-refractivity contribution in [3.05, 3.63) is 36.2 Å². The average molecular weight is 328 g/mol. The fourth-order valence-corrected chi connectivity index (χ4v) is 2.58. The minimum absolute atomic E-state index is 0.415. The third-order valence-corrected chi connectivity index (χ3v) is 4.73. The van der Waals surface area contributed by atoms with Crippen molar-refractivity contribution in [2.45, 2.75) is 38.9 Å². The minimum atomic E-state index is -0.504. The minimum Gasteiger partial charge on any atom is -0.465 e. The van der Waals surface area contributed by atoms with Crippen molar-refractivity contribution in [3.63, 3.8) is 0 Å². The number of methoxy groups -OCH3 is 1. The molecule has 0 spiro atoms. The lowest BCUT2D eigenvalue weighted by Gasteiger charge is -2.32. The number of rotatable bonds is 3. The highest BCUT2D eigenvalue weighted by molar-refractivity contribution is 6.62. The van der Waals surface area contributed by atoms with E-state index >= 15 is 0 Å². The van der Waals surface area contributed by atoms with Crippen LogP contribution in [0.15, 0.2) is 30.6 Å². The molecule has 1 fully saturated rings. The van der Waals surface area contributed by atoms with Gasteiger partial charge in [0, 0.05) is 18.0 Å². The fraction of sp³-hybridized carbons (Fsp3) is 0.412. The smallest absolute Gasteiger partial charge is 0.465 e. The molecule has 0 radical (unpaired) electrons. The number of carbonyl (C=O) groups is 1. The lowest BCUT2D eigenvalue weighted by molar-refractivity contribution is 0.00578. The van der Waals surface area contributed by atoms with Gasteiger partial charge in [0.05, 0.1) is 23.9 Å². The highest BCUT2D eigenvalue weighted by Gasteiger charge is 2.51. The Hall–Kier alpha value is -2.12. The highest BCUT2D eigenvalue weighted by Crippen LogP contribution is 2.36. The van der Waals surface area contributed by atoms with Gasteiger partial charge in [-0.15, -0.1) is 0 Å². The van der Waals surface area contributed by atoms with E-state index in [1.807, 2.05) is 39.8 Å². The number of aromatic nitrogens is 2. The molecule has 1 aromatic carbocycles. The van der Waals surface area contributed by atoms with Gasteiger partial charge in [-0.05, 0) is 39.2 Å². The van der Waals surface area contributed by atoms with Gasteiger partial charge in [-0.3, -0.25) is 0 Å². The van der Waals surface area contributed by atoms with E-state index in [1.54, 1.807) is 18.5 Å². The van der Waals surface area contributed by atoms with Crippen molar-refractivity contribution in [2.75, 3.05) is 7.11 Å². The second-order valence-electron chi connectivity index (χ2n) is 6.82. The van der Waals surface area contributed by atoms with Crippen molar-refractivity contribution in [3.8, 4) is 11.4 Å². The van der Waals surface area contributed by atoms with Crippen LogP contribution in [0.4, 0.5) is 0 Å². The molecule has 0 amide bonds. The van der Waals surface area contributed by atoms with Gasteiger partial charge in [0.25, 0.3) is 0 Å². The van der Waals surface area contributed by atoms with Crippen LogP contribution in [0.3, 0.4) is 0 Å². The number of hydrogen-bond donors (Lipinski definition) is 1. The van der Waals surface area contributed by atoms with Gasteiger partial charge in [0.1, 0.15) is 5.82 Å². The summed E-state index contributed by atoms with van der Waals surface area (Å²) >= 11 is 0. The molecule has 3 rings (SSSR count). The summed E-state index contributed by atoms with van der Waals surface area (Å²) in [4.78, 5) is 19.3. The Balaban J connectivity index is 2.03. The van der Waals surface area contributed by atoms with Crippen molar-refractivity contribution < 1.29 is 18.8 Å². The first-order chi connectivity index (χ1) is 11.2. The van der Waals surface area contributed by atoms with Crippen LogP contribution in [0.25, 0.3) is 11.4 Å². The van der Waals surface area contributed by atoms with Gasteiger partial charge >= 0.3 is 13.1 Å². The van der Waals surface area contributed by atoms with E-state index in [1.165, 1.54) is 7.11 Å². The zero-order valence-electron chi connectivity index (χ0n) is 14.5. The van der Waals surface area contributed by atoms with Crippen LogP contribution in [0, 0.1) is 0 Å². The van der Waals surface area contributed by atoms with Crippen LogP contribution >= 0.6 is 0 Å². The first-order valence-corrected chi connectivity index (χ1v) is 7.83. The summed E-state index contributed by atoms with van der Waals surface area (Å²) in [6.07, 6.45) is 3.34. The topological polar surface area (TPSA) is 73.4 Å². The maximum absolute atomic E-state index is 12.0. The molecule has 0 unspecified atom stereocenters. The molecule has 126 valence electrons. The molecule has 1 saturated heterocycles. The van der Waals surface area contributed by atoms with Gasteiger partial charge in [0.2, 0.25) is 0 Å². The summed E-state index contributed by atoms with van der Waals surface area (Å²) < 4.78 is 17.0. The number of imidazole rings is 1. The number of ether oxygens (including phenoxy) is 1. The van der Waals surface area contributed by atoms with Gasteiger partial charge in [0.15, 0.2) is 0 Å². The average Bonchev–Trinajstić information content (AvgIpc) is 3.13. The zero-order chi connectivity index (χ0) is 17.5. The molecule has 6 nitrogen and oxygen atoms in total. The van der Waals surface area contributed by atoms with E-state index in [2.05, 4.69) is 9.97 Å². The van der Waals surface area contributed by atoms with Crippen LogP contribution < -0.4 is 5.46 Å². The molecule has 7 heteroatoms. The molecule has 1 aliphatic heterocycles. The van der Waals surface area contributed by atoms with Crippen LogP contribution in [-0.2, 0) is 14.0 Å². The number of nitrogens with zero attached hydrogens (tertiary/aromatic N) is 1. The molecule has 1 N–H and O–H groups in total. The van der Waals surface area contributed by atoms with Gasteiger partial charge in [-0.1, -0.05) is 12.1 Å². The second-order valence-corrected chi connectivity index (χ2v) is 6.82. The standard InChI is InChI=1S/C17H21BN2O4/c1-16(2)17(3,4)24-18(23-16)11-6-7-12(15(21)22-5)13(10-11)14-19-8-9-20-14/h6-10H,1-5H3,(H,19,20). The number of benzene rings is 1. The first-order valence-electron chi connectivity index (χ1n) is 7.83. The van der Waals surface area contributed by atoms with Crippen molar-refractivity contribution in [2.24, 2.45) is 0 Å². The van der Waals surface area contributed by atoms with Crippen LogP contribution in [0.2, 0.25) is 0 Å². The predicted octanol–water partition coefficient (Wildman–Crippen LogP) is 2.16. The van der Waals surface area contributed by atoms with Crippen molar-refractivity contribution in [1.29, 1.82) is 0 Å².